The molecule has 0 unspecified atom stereocenters. The molecule has 126 valence electrons. The summed E-state index contributed by atoms with van der Waals surface area (Å²) in [7, 11) is 0. The molecule has 1 fully saturated rings. The molecule has 0 atom stereocenters. The molecule has 0 radical (unpaired) electrons. The lowest BCUT2D eigenvalue weighted by atomic mass is 10.1. The number of carbonyl (C=O) groups is 1. The third-order valence-electron chi connectivity index (χ3n) is 3.67. The molecule has 0 saturated heterocycles. The molecule has 4 nitrogen and oxygen atoms in total. The number of halogens is 3. The minimum atomic E-state index is -0.0681. The molecule has 1 saturated carbocycles. The van der Waals surface area contributed by atoms with Crippen molar-refractivity contribution in [2.45, 2.75) is 44.6 Å². The predicted molar refractivity (Wildman–Crippen MR) is 98.3 cm³/mol. The van der Waals surface area contributed by atoms with E-state index in [0.717, 1.165) is 11.0 Å². The average Bonchev–Trinajstić information content (AvgIpc) is 2.72. The highest BCUT2D eigenvalue weighted by atomic mass is 79.9. The Balaban J connectivity index is 0.00000220. The van der Waals surface area contributed by atoms with Gasteiger partial charge in [-0.15, -0.1) is 24.8 Å². The van der Waals surface area contributed by atoms with Crippen LogP contribution in [0.3, 0.4) is 0 Å². The third kappa shape index (κ3) is 7.77. The number of hydrogen-bond donors (Lipinski definition) is 2. The molecule has 1 aromatic heterocycles. The van der Waals surface area contributed by atoms with E-state index in [9.17, 15) is 4.79 Å². The van der Waals surface area contributed by atoms with Crippen LogP contribution in [0.1, 0.15) is 48.9 Å². The molecular weight excluding hydrogens is 389 g/mol. The molecule has 0 aliphatic heterocycles. The van der Waals surface area contributed by atoms with Crippen LogP contribution in [-0.2, 0) is 0 Å². The van der Waals surface area contributed by atoms with Gasteiger partial charge in [0.1, 0.15) is 0 Å². The summed E-state index contributed by atoms with van der Waals surface area (Å²) in [5, 5.41) is 6.46. The summed E-state index contributed by atoms with van der Waals surface area (Å²) in [5.41, 5.74) is 0.592. The molecule has 2 rings (SSSR count). The second kappa shape index (κ2) is 12.1. The van der Waals surface area contributed by atoms with Gasteiger partial charge in [0.05, 0.1) is 5.56 Å². The molecule has 1 aliphatic carbocycles. The molecule has 0 spiro atoms. The van der Waals surface area contributed by atoms with Crippen molar-refractivity contribution in [3.63, 3.8) is 0 Å². The van der Waals surface area contributed by atoms with Crippen molar-refractivity contribution in [1.82, 2.24) is 15.6 Å². The van der Waals surface area contributed by atoms with Crippen molar-refractivity contribution in [2.24, 2.45) is 0 Å². The van der Waals surface area contributed by atoms with E-state index in [-0.39, 0.29) is 30.7 Å². The van der Waals surface area contributed by atoms with Crippen LogP contribution in [0, 0.1) is 0 Å². The Morgan fingerprint density at radius 1 is 1.14 bits per heavy atom. The second-order valence-corrected chi connectivity index (χ2v) is 6.21. The minimum Gasteiger partial charge on any atom is -0.351 e. The fourth-order valence-corrected chi connectivity index (χ4v) is 2.94. The number of nitrogens with zero attached hydrogens (tertiary/aromatic N) is 1. The number of nitrogens with one attached hydrogen (secondary N) is 2. The highest BCUT2D eigenvalue weighted by Crippen LogP contribution is 2.16. The lowest BCUT2D eigenvalue weighted by molar-refractivity contribution is 0.0953. The molecular formula is C15H24BrCl2N3O. The quantitative estimate of drug-likeness (QED) is 0.572. The smallest absolute Gasteiger partial charge is 0.252 e. The van der Waals surface area contributed by atoms with Crippen molar-refractivity contribution in [3.05, 3.63) is 28.5 Å². The molecule has 2 N–H and O–H groups in total. The molecule has 0 bridgehead atoms. The van der Waals surface area contributed by atoms with E-state index in [1.54, 1.807) is 18.5 Å². The second-order valence-electron chi connectivity index (χ2n) is 5.29. The zero-order chi connectivity index (χ0) is 14.2. The van der Waals surface area contributed by atoms with Crippen molar-refractivity contribution >= 4 is 46.7 Å². The normalized spacial score (nSPS) is 15.1. The maximum Gasteiger partial charge on any atom is 0.252 e. The fraction of sp³-hybridized carbons (Fsp3) is 0.600. The van der Waals surface area contributed by atoms with Crippen molar-refractivity contribution < 1.29 is 4.79 Å². The van der Waals surface area contributed by atoms with Gasteiger partial charge in [0, 0.05) is 36.0 Å². The summed E-state index contributed by atoms with van der Waals surface area (Å²) in [5.74, 6) is -0.0681. The first-order valence-corrected chi connectivity index (χ1v) is 8.17. The molecule has 1 aromatic rings. The van der Waals surface area contributed by atoms with Gasteiger partial charge in [-0.3, -0.25) is 9.78 Å². The lowest BCUT2D eigenvalue weighted by Gasteiger charge is -2.16. The fourth-order valence-electron chi connectivity index (χ4n) is 2.57. The number of rotatable bonds is 5. The zero-order valence-corrected chi connectivity index (χ0v) is 15.7. The topological polar surface area (TPSA) is 54.0 Å². The molecule has 22 heavy (non-hydrogen) atoms. The maximum absolute atomic E-state index is 11.9. The Morgan fingerprint density at radius 3 is 2.45 bits per heavy atom. The monoisotopic (exact) mass is 411 g/mol. The van der Waals surface area contributed by atoms with Crippen LogP contribution in [0.4, 0.5) is 0 Å². The number of pyridine rings is 1. The third-order valence-corrected chi connectivity index (χ3v) is 4.10. The van der Waals surface area contributed by atoms with E-state index in [0.29, 0.717) is 18.2 Å². The van der Waals surface area contributed by atoms with E-state index >= 15 is 0 Å². The predicted octanol–water partition coefficient (Wildman–Crippen LogP) is 3.73. The summed E-state index contributed by atoms with van der Waals surface area (Å²) >= 11 is 3.32. The lowest BCUT2D eigenvalue weighted by Crippen LogP contribution is -2.36. The number of hydrogen-bond acceptors (Lipinski definition) is 3. The summed E-state index contributed by atoms with van der Waals surface area (Å²) < 4.78 is 0.821. The molecule has 0 aromatic carbocycles. The van der Waals surface area contributed by atoms with Gasteiger partial charge in [0.15, 0.2) is 0 Å². The van der Waals surface area contributed by atoms with Gasteiger partial charge >= 0.3 is 0 Å². The SMILES string of the molecule is Cl.Cl.O=C(NCCNC1CCCCCC1)c1cncc(Br)c1. The van der Waals surface area contributed by atoms with E-state index in [2.05, 4.69) is 31.5 Å². The molecule has 7 heteroatoms. The van der Waals surface area contributed by atoms with Gasteiger partial charge in [-0.2, -0.15) is 0 Å². The van der Waals surface area contributed by atoms with Gasteiger partial charge in [0.2, 0.25) is 0 Å². The highest BCUT2D eigenvalue weighted by Gasteiger charge is 2.11. The van der Waals surface area contributed by atoms with Gasteiger partial charge in [-0.05, 0) is 34.8 Å². The van der Waals surface area contributed by atoms with Gasteiger partial charge < -0.3 is 10.6 Å². The van der Waals surface area contributed by atoms with Crippen LogP contribution in [0.15, 0.2) is 22.9 Å². The van der Waals surface area contributed by atoms with Crippen LogP contribution < -0.4 is 10.6 Å². The van der Waals surface area contributed by atoms with Crippen LogP contribution in [0.5, 0.6) is 0 Å². The van der Waals surface area contributed by atoms with E-state index < -0.39 is 0 Å². The summed E-state index contributed by atoms with van der Waals surface area (Å²) in [6.07, 6.45) is 11.2. The van der Waals surface area contributed by atoms with E-state index in [4.69, 9.17) is 0 Å². The van der Waals surface area contributed by atoms with Crippen LogP contribution in [-0.4, -0.2) is 30.0 Å². The van der Waals surface area contributed by atoms with Gasteiger partial charge in [0.25, 0.3) is 5.91 Å². The Hall–Kier alpha value is -0.360. The van der Waals surface area contributed by atoms with Crippen LogP contribution in [0.2, 0.25) is 0 Å². The molecule has 1 heterocycles. The van der Waals surface area contributed by atoms with Crippen LogP contribution >= 0.6 is 40.7 Å². The largest absolute Gasteiger partial charge is 0.351 e. The summed E-state index contributed by atoms with van der Waals surface area (Å²) in [4.78, 5) is 15.9. The Morgan fingerprint density at radius 2 is 1.82 bits per heavy atom. The summed E-state index contributed by atoms with van der Waals surface area (Å²) in [6.45, 7) is 1.49. The van der Waals surface area contributed by atoms with Gasteiger partial charge in [-0.1, -0.05) is 25.7 Å². The Labute approximate surface area is 153 Å². The first-order chi connectivity index (χ1) is 9.75. The van der Waals surface area contributed by atoms with Crippen LogP contribution in [0.25, 0.3) is 0 Å². The number of amides is 1. The van der Waals surface area contributed by atoms with Crippen molar-refractivity contribution in [2.75, 3.05) is 13.1 Å². The number of carbonyl (C=O) groups excluding carboxylic acids is 1. The Kier molecular flexibility index (Phi) is 11.9. The maximum atomic E-state index is 11.9. The average molecular weight is 413 g/mol. The number of aromatic nitrogens is 1. The first kappa shape index (κ1) is 21.6. The van der Waals surface area contributed by atoms with Crippen molar-refractivity contribution in [1.29, 1.82) is 0 Å². The zero-order valence-electron chi connectivity index (χ0n) is 12.5. The first-order valence-electron chi connectivity index (χ1n) is 7.38. The summed E-state index contributed by atoms with van der Waals surface area (Å²) in [6, 6.07) is 2.41. The van der Waals surface area contributed by atoms with E-state index in [1.807, 2.05) is 0 Å². The highest BCUT2D eigenvalue weighted by molar-refractivity contribution is 9.10. The minimum absolute atomic E-state index is 0. The van der Waals surface area contributed by atoms with Crippen molar-refractivity contribution in [3.8, 4) is 0 Å². The molecule has 1 aliphatic rings. The van der Waals surface area contributed by atoms with Gasteiger partial charge in [-0.25, -0.2) is 0 Å². The standard InChI is InChI=1S/C15H22BrN3O.2ClH/c16-13-9-12(10-17-11-13)15(20)19-8-7-18-14-5-3-1-2-4-6-14;;/h9-11,14,18H,1-8H2,(H,19,20);2*1H. The van der Waals surface area contributed by atoms with E-state index in [1.165, 1.54) is 38.5 Å². The Bertz CT molecular complexity index is 441. The molecule has 1 amide bonds.